The van der Waals surface area contributed by atoms with E-state index in [0.29, 0.717) is 33.5 Å². The highest BCUT2D eigenvalue weighted by molar-refractivity contribution is 6.32. The monoisotopic (exact) mass is 433 g/mol. The van der Waals surface area contributed by atoms with E-state index in [1.165, 1.54) is 21.3 Å². The number of nitrogens with one attached hydrogen (secondary N) is 1. The Morgan fingerprint density at radius 2 is 1.70 bits per heavy atom. The molecule has 10 nitrogen and oxygen atoms in total. The fourth-order valence-corrected chi connectivity index (χ4v) is 2.98. The van der Waals surface area contributed by atoms with Crippen LogP contribution in [0.4, 0.5) is 0 Å². The third-order valence-electron chi connectivity index (χ3n) is 4.28. The topological polar surface area (TPSA) is 110 Å². The minimum atomic E-state index is -0.582. The Bertz CT molecular complexity index is 1110. The van der Waals surface area contributed by atoms with Gasteiger partial charge in [-0.05, 0) is 28.6 Å². The summed E-state index contributed by atoms with van der Waals surface area (Å²) >= 11 is 6.09. The number of aromatic nitrogens is 4. The molecule has 1 heterocycles. The Labute approximate surface area is 176 Å². The molecule has 0 aliphatic heterocycles. The van der Waals surface area contributed by atoms with E-state index in [1.54, 1.807) is 36.4 Å². The molecule has 1 aromatic heterocycles. The number of amides is 1. The molecule has 0 atom stereocenters. The van der Waals surface area contributed by atoms with Gasteiger partial charge in [-0.25, -0.2) is 4.79 Å². The summed E-state index contributed by atoms with van der Waals surface area (Å²) in [5.41, 5.74) is 0.475. The quantitative estimate of drug-likeness (QED) is 0.572. The molecule has 0 spiro atoms. The van der Waals surface area contributed by atoms with Crippen molar-refractivity contribution in [1.29, 1.82) is 0 Å². The Kier molecular flexibility index (Phi) is 6.58. The van der Waals surface area contributed by atoms with Crippen LogP contribution in [0.15, 0.2) is 41.2 Å². The van der Waals surface area contributed by atoms with E-state index >= 15 is 0 Å². The maximum atomic E-state index is 12.5. The molecule has 3 rings (SSSR count). The van der Waals surface area contributed by atoms with Gasteiger partial charge in [0.15, 0.2) is 11.5 Å². The maximum Gasteiger partial charge on any atom is 0.369 e. The van der Waals surface area contributed by atoms with Crippen molar-refractivity contribution >= 4 is 17.5 Å². The summed E-state index contributed by atoms with van der Waals surface area (Å²) in [6.45, 7) is -0.158. The van der Waals surface area contributed by atoms with Gasteiger partial charge < -0.3 is 19.5 Å². The van der Waals surface area contributed by atoms with E-state index in [0.717, 1.165) is 9.36 Å². The molecule has 30 heavy (non-hydrogen) atoms. The molecule has 0 saturated carbocycles. The maximum absolute atomic E-state index is 12.5. The first-order chi connectivity index (χ1) is 14.5. The fourth-order valence-electron chi connectivity index (χ4n) is 2.76. The van der Waals surface area contributed by atoms with Gasteiger partial charge in [-0.15, -0.1) is 0 Å². The second-order valence-electron chi connectivity index (χ2n) is 6.08. The summed E-state index contributed by atoms with van der Waals surface area (Å²) in [6, 6.07) is 10.1. The van der Waals surface area contributed by atoms with Gasteiger partial charge >= 0.3 is 5.69 Å². The highest BCUT2D eigenvalue weighted by atomic mass is 35.5. The molecule has 0 bridgehead atoms. The van der Waals surface area contributed by atoms with Crippen LogP contribution in [-0.4, -0.2) is 47.0 Å². The SMILES string of the molecule is COc1cc(OC)c(OC)cc1CNC(=O)Cn1nnn(-c2ccccc2Cl)c1=O. The van der Waals surface area contributed by atoms with E-state index in [-0.39, 0.29) is 13.1 Å². The van der Waals surface area contributed by atoms with Crippen LogP contribution in [0.25, 0.3) is 5.69 Å². The van der Waals surface area contributed by atoms with Crippen molar-refractivity contribution in [1.82, 2.24) is 25.1 Å². The zero-order valence-corrected chi connectivity index (χ0v) is 17.3. The molecule has 3 aromatic rings. The van der Waals surface area contributed by atoms with Crippen molar-refractivity contribution in [3.05, 3.63) is 57.5 Å². The summed E-state index contributed by atoms with van der Waals surface area (Å²) in [5.74, 6) is 1.10. The molecule has 0 fully saturated rings. The summed E-state index contributed by atoms with van der Waals surface area (Å²) in [7, 11) is 4.55. The van der Waals surface area contributed by atoms with Crippen molar-refractivity contribution < 1.29 is 19.0 Å². The van der Waals surface area contributed by atoms with Crippen LogP contribution < -0.4 is 25.2 Å². The number of nitrogens with zero attached hydrogens (tertiary/aromatic N) is 4. The van der Waals surface area contributed by atoms with E-state index < -0.39 is 11.6 Å². The van der Waals surface area contributed by atoms with Gasteiger partial charge in [0.05, 0.1) is 32.0 Å². The molecule has 0 aliphatic carbocycles. The smallest absolute Gasteiger partial charge is 0.369 e. The summed E-state index contributed by atoms with van der Waals surface area (Å²) in [6.07, 6.45) is 0. The Hall–Kier alpha value is -3.53. The number of para-hydroxylation sites is 1. The molecular weight excluding hydrogens is 414 g/mol. The molecule has 1 N–H and O–H groups in total. The highest BCUT2D eigenvalue weighted by Gasteiger charge is 2.16. The van der Waals surface area contributed by atoms with Crippen LogP contribution in [0.1, 0.15) is 5.56 Å². The number of ether oxygens (including phenoxy) is 3. The summed E-state index contributed by atoms with van der Waals surface area (Å²) in [4.78, 5) is 24.9. The van der Waals surface area contributed by atoms with Crippen molar-refractivity contribution in [2.24, 2.45) is 0 Å². The summed E-state index contributed by atoms with van der Waals surface area (Å²) < 4.78 is 17.8. The minimum Gasteiger partial charge on any atom is -0.496 e. The van der Waals surface area contributed by atoms with Crippen LogP contribution in [0.3, 0.4) is 0 Å². The van der Waals surface area contributed by atoms with E-state index in [4.69, 9.17) is 25.8 Å². The number of methoxy groups -OCH3 is 3. The standard InChI is InChI=1S/C19H20ClN5O5/c1-28-15-9-17(30-3)16(29-2)8-12(15)10-21-18(26)11-24-19(27)25(23-22-24)14-7-5-4-6-13(14)20/h4-9H,10-11H2,1-3H3,(H,21,26). The van der Waals surface area contributed by atoms with Gasteiger partial charge in [0.2, 0.25) is 5.91 Å². The van der Waals surface area contributed by atoms with Crippen LogP contribution in [0, 0.1) is 0 Å². The highest BCUT2D eigenvalue weighted by Crippen LogP contribution is 2.34. The predicted molar refractivity (Wildman–Crippen MR) is 109 cm³/mol. The second-order valence-corrected chi connectivity index (χ2v) is 6.49. The largest absolute Gasteiger partial charge is 0.496 e. The van der Waals surface area contributed by atoms with Gasteiger partial charge in [-0.2, -0.15) is 9.36 Å². The number of halogens is 1. The number of tetrazole rings is 1. The third-order valence-corrected chi connectivity index (χ3v) is 4.60. The zero-order chi connectivity index (χ0) is 21.7. The first kappa shape index (κ1) is 21.2. The molecule has 158 valence electrons. The molecule has 0 radical (unpaired) electrons. The number of carbonyl (C=O) groups excluding carboxylic acids is 1. The predicted octanol–water partition coefficient (Wildman–Crippen LogP) is 1.42. The number of rotatable bonds is 8. The molecular formula is C19H20ClN5O5. The summed E-state index contributed by atoms with van der Waals surface area (Å²) in [5, 5.41) is 10.6. The van der Waals surface area contributed by atoms with Crippen LogP contribution >= 0.6 is 11.6 Å². The second kappa shape index (κ2) is 9.31. The molecule has 1 amide bonds. The van der Waals surface area contributed by atoms with Crippen LogP contribution in [0.2, 0.25) is 5.02 Å². The number of hydrogen-bond acceptors (Lipinski definition) is 7. The lowest BCUT2D eigenvalue weighted by Gasteiger charge is -2.14. The fraction of sp³-hybridized carbons (Fsp3) is 0.263. The third kappa shape index (κ3) is 4.38. The van der Waals surface area contributed by atoms with E-state index in [9.17, 15) is 9.59 Å². The molecule has 0 unspecified atom stereocenters. The number of hydrogen-bond donors (Lipinski definition) is 1. The normalized spacial score (nSPS) is 10.5. The number of carbonyl (C=O) groups is 1. The first-order valence-corrected chi connectivity index (χ1v) is 9.19. The minimum absolute atomic E-state index is 0.149. The Morgan fingerprint density at radius 1 is 1.03 bits per heavy atom. The lowest BCUT2D eigenvalue weighted by molar-refractivity contribution is -0.122. The molecule has 2 aromatic carbocycles. The molecule has 11 heteroatoms. The van der Waals surface area contributed by atoms with Crippen molar-refractivity contribution in [3.63, 3.8) is 0 Å². The van der Waals surface area contributed by atoms with Crippen molar-refractivity contribution in [3.8, 4) is 22.9 Å². The first-order valence-electron chi connectivity index (χ1n) is 8.81. The van der Waals surface area contributed by atoms with Crippen molar-refractivity contribution in [2.75, 3.05) is 21.3 Å². The van der Waals surface area contributed by atoms with Gasteiger partial charge in [-0.3, -0.25) is 4.79 Å². The van der Waals surface area contributed by atoms with E-state index in [1.807, 2.05) is 0 Å². The van der Waals surface area contributed by atoms with Crippen LogP contribution in [-0.2, 0) is 17.9 Å². The Morgan fingerprint density at radius 3 is 2.37 bits per heavy atom. The number of benzene rings is 2. The van der Waals surface area contributed by atoms with Gasteiger partial charge in [0.25, 0.3) is 0 Å². The molecule has 0 aliphatic rings. The van der Waals surface area contributed by atoms with Gasteiger partial charge in [-0.1, -0.05) is 23.7 Å². The average molecular weight is 434 g/mol. The van der Waals surface area contributed by atoms with Crippen LogP contribution in [0.5, 0.6) is 17.2 Å². The van der Waals surface area contributed by atoms with Crippen molar-refractivity contribution in [2.45, 2.75) is 13.1 Å². The average Bonchev–Trinajstić information content (AvgIpc) is 3.11. The lowest BCUT2D eigenvalue weighted by Crippen LogP contribution is -2.33. The zero-order valence-electron chi connectivity index (χ0n) is 16.6. The molecule has 0 saturated heterocycles. The Balaban J connectivity index is 1.72. The van der Waals surface area contributed by atoms with E-state index in [2.05, 4.69) is 15.7 Å². The van der Waals surface area contributed by atoms with Gasteiger partial charge in [0, 0.05) is 18.2 Å². The lowest BCUT2D eigenvalue weighted by atomic mass is 10.1. The van der Waals surface area contributed by atoms with Gasteiger partial charge in [0.1, 0.15) is 12.3 Å².